The SMILES string of the molecule is CCOc1cc(CNCCSc2nnnn2C)cc(Cl)c1OCc1ccccc1F. The Hall–Kier alpha value is -2.36. The zero-order valence-electron chi connectivity index (χ0n) is 16.8. The predicted molar refractivity (Wildman–Crippen MR) is 115 cm³/mol. The van der Waals surface area contributed by atoms with Crippen LogP contribution in [0.5, 0.6) is 11.5 Å². The molecule has 0 saturated carbocycles. The summed E-state index contributed by atoms with van der Waals surface area (Å²) in [6.45, 7) is 3.80. The van der Waals surface area contributed by atoms with Crippen LogP contribution in [0, 0.1) is 5.82 Å². The van der Waals surface area contributed by atoms with Gasteiger partial charge in [0.15, 0.2) is 11.5 Å². The molecule has 0 fully saturated rings. The molecule has 0 atom stereocenters. The Labute approximate surface area is 183 Å². The first-order chi connectivity index (χ1) is 14.6. The van der Waals surface area contributed by atoms with Crippen molar-refractivity contribution in [1.82, 2.24) is 25.5 Å². The molecule has 1 N–H and O–H groups in total. The molecule has 0 aliphatic rings. The molecule has 0 bridgehead atoms. The zero-order chi connectivity index (χ0) is 21.3. The fraction of sp³-hybridized carbons (Fsp3) is 0.350. The Bertz CT molecular complexity index is 972. The first kappa shape index (κ1) is 22.3. The average Bonchev–Trinajstić information content (AvgIpc) is 3.13. The van der Waals surface area contributed by atoms with E-state index in [9.17, 15) is 4.39 Å². The molecule has 1 heterocycles. The van der Waals surface area contributed by atoms with Crippen molar-refractivity contribution in [1.29, 1.82) is 0 Å². The van der Waals surface area contributed by atoms with Crippen molar-refractivity contribution >= 4 is 23.4 Å². The Kier molecular flexibility index (Phi) is 8.30. The standard InChI is InChI=1S/C20H23ClFN5O2S/c1-3-28-18-11-14(12-23-8-9-30-20-24-25-26-27(20)2)10-16(21)19(18)29-13-15-6-4-5-7-17(15)22/h4-7,10-11,23H,3,8-9,12-13H2,1-2H3. The van der Waals surface area contributed by atoms with Gasteiger partial charge in [0, 0.05) is 31.5 Å². The van der Waals surface area contributed by atoms with E-state index in [0.29, 0.717) is 35.2 Å². The number of halogens is 2. The Balaban J connectivity index is 1.58. The van der Waals surface area contributed by atoms with Crippen molar-refractivity contribution < 1.29 is 13.9 Å². The molecular formula is C20H23ClFN5O2S. The van der Waals surface area contributed by atoms with E-state index < -0.39 is 0 Å². The Morgan fingerprint density at radius 3 is 2.80 bits per heavy atom. The van der Waals surface area contributed by atoms with E-state index in [2.05, 4.69) is 20.8 Å². The van der Waals surface area contributed by atoms with Gasteiger partial charge in [0.1, 0.15) is 12.4 Å². The van der Waals surface area contributed by atoms with Crippen LogP contribution in [0.3, 0.4) is 0 Å². The second kappa shape index (κ2) is 11.1. The van der Waals surface area contributed by atoms with E-state index in [-0.39, 0.29) is 12.4 Å². The van der Waals surface area contributed by atoms with E-state index in [1.165, 1.54) is 6.07 Å². The lowest BCUT2D eigenvalue weighted by atomic mass is 10.2. The minimum atomic E-state index is -0.317. The van der Waals surface area contributed by atoms with Gasteiger partial charge in [-0.2, -0.15) is 0 Å². The molecule has 0 aliphatic heterocycles. The van der Waals surface area contributed by atoms with E-state index in [1.54, 1.807) is 34.6 Å². The fourth-order valence-electron chi connectivity index (χ4n) is 2.68. The number of rotatable bonds is 11. The number of hydrogen-bond acceptors (Lipinski definition) is 7. The normalized spacial score (nSPS) is 10.9. The molecule has 0 unspecified atom stereocenters. The topological polar surface area (TPSA) is 74.1 Å². The summed E-state index contributed by atoms with van der Waals surface area (Å²) >= 11 is 8.02. The molecule has 0 saturated heterocycles. The van der Waals surface area contributed by atoms with Gasteiger partial charge >= 0.3 is 0 Å². The molecule has 1 aromatic heterocycles. The molecule has 3 aromatic rings. The van der Waals surface area contributed by atoms with E-state index in [0.717, 1.165) is 23.0 Å². The predicted octanol–water partition coefficient (Wildman–Crippen LogP) is 3.86. The van der Waals surface area contributed by atoms with Crippen molar-refractivity contribution in [3.8, 4) is 11.5 Å². The molecule has 0 spiro atoms. The molecule has 30 heavy (non-hydrogen) atoms. The fourth-order valence-corrected chi connectivity index (χ4v) is 3.72. The molecular weight excluding hydrogens is 429 g/mol. The third-order valence-corrected chi connectivity index (χ3v) is 5.41. The van der Waals surface area contributed by atoms with Crippen LogP contribution in [0.2, 0.25) is 5.02 Å². The summed E-state index contributed by atoms with van der Waals surface area (Å²) in [4.78, 5) is 0. The van der Waals surface area contributed by atoms with Crippen molar-refractivity contribution in [2.45, 2.75) is 25.2 Å². The number of ether oxygens (including phenoxy) is 2. The third kappa shape index (κ3) is 6.07. The van der Waals surface area contributed by atoms with Crippen LogP contribution in [0.25, 0.3) is 0 Å². The molecule has 10 heteroatoms. The maximum absolute atomic E-state index is 13.9. The summed E-state index contributed by atoms with van der Waals surface area (Å²) in [5, 5.41) is 15.9. The van der Waals surface area contributed by atoms with Crippen LogP contribution >= 0.6 is 23.4 Å². The molecule has 160 valence electrons. The summed E-state index contributed by atoms with van der Waals surface area (Å²) in [5.41, 5.74) is 1.42. The highest BCUT2D eigenvalue weighted by atomic mass is 35.5. The van der Waals surface area contributed by atoms with Crippen LogP contribution in [-0.2, 0) is 20.2 Å². The van der Waals surface area contributed by atoms with E-state index in [1.807, 2.05) is 26.1 Å². The maximum atomic E-state index is 13.9. The lowest BCUT2D eigenvalue weighted by Crippen LogP contribution is -2.17. The summed E-state index contributed by atoms with van der Waals surface area (Å²) < 4.78 is 27.0. The maximum Gasteiger partial charge on any atom is 0.209 e. The minimum Gasteiger partial charge on any atom is -0.490 e. The quantitative estimate of drug-likeness (QED) is 0.350. The first-order valence-electron chi connectivity index (χ1n) is 9.45. The van der Waals surface area contributed by atoms with Crippen molar-refractivity contribution in [2.24, 2.45) is 7.05 Å². The number of thioether (sulfide) groups is 1. The van der Waals surface area contributed by atoms with Crippen LogP contribution < -0.4 is 14.8 Å². The number of tetrazole rings is 1. The molecule has 2 aromatic carbocycles. The third-order valence-electron chi connectivity index (χ3n) is 4.12. The van der Waals surface area contributed by atoms with Crippen LogP contribution in [-0.4, -0.2) is 39.1 Å². The van der Waals surface area contributed by atoms with E-state index >= 15 is 0 Å². The number of nitrogens with zero attached hydrogens (tertiary/aromatic N) is 4. The number of nitrogens with one attached hydrogen (secondary N) is 1. The van der Waals surface area contributed by atoms with Gasteiger partial charge in [-0.25, -0.2) is 9.07 Å². The lowest BCUT2D eigenvalue weighted by Gasteiger charge is -2.16. The van der Waals surface area contributed by atoms with Gasteiger partial charge in [-0.05, 0) is 41.1 Å². The Morgan fingerprint density at radius 1 is 1.23 bits per heavy atom. The monoisotopic (exact) mass is 451 g/mol. The second-order valence-corrected chi connectivity index (χ2v) is 7.80. The Morgan fingerprint density at radius 2 is 2.07 bits per heavy atom. The number of hydrogen-bond donors (Lipinski definition) is 1. The van der Waals surface area contributed by atoms with E-state index in [4.69, 9.17) is 21.1 Å². The lowest BCUT2D eigenvalue weighted by molar-refractivity contribution is 0.266. The van der Waals surface area contributed by atoms with Crippen LogP contribution in [0.1, 0.15) is 18.1 Å². The summed E-state index contributed by atoms with van der Waals surface area (Å²) in [6, 6.07) is 10.2. The van der Waals surface area contributed by atoms with Crippen LogP contribution in [0.4, 0.5) is 4.39 Å². The summed E-state index contributed by atoms with van der Waals surface area (Å²) in [6.07, 6.45) is 0. The summed E-state index contributed by atoms with van der Waals surface area (Å²) in [5.74, 6) is 1.46. The van der Waals surface area contributed by atoms with Gasteiger partial charge in [-0.3, -0.25) is 0 Å². The van der Waals surface area contributed by atoms with Crippen molar-refractivity contribution in [2.75, 3.05) is 18.9 Å². The average molecular weight is 452 g/mol. The molecule has 0 amide bonds. The second-order valence-electron chi connectivity index (χ2n) is 6.33. The number of aromatic nitrogens is 4. The molecule has 0 radical (unpaired) electrons. The zero-order valence-corrected chi connectivity index (χ0v) is 18.3. The van der Waals surface area contributed by atoms with Gasteiger partial charge in [0.25, 0.3) is 0 Å². The highest BCUT2D eigenvalue weighted by Gasteiger charge is 2.14. The molecule has 7 nitrogen and oxygen atoms in total. The van der Waals surface area contributed by atoms with Gasteiger partial charge in [0.2, 0.25) is 5.16 Å². The first-order valence-corrected chi connectivity index (χ1v) is 10.8. The van der Waals surface area contributed by atoms with Crippen molar-refractivity contribution in [3.05, 3.63) is 58.4 Å². The van der Waals surface area contributed by atoms with Gasteiger partial charge in [-0.15, -0.1) is 5.10 Å². The van der Waals surface area contributed by atoms with Gasteiger partial charge in [0.05, 0.1) is 11.6 Å². The number of benzene rings is 2. The molecule has 3 rings (SSSR count). The highest BCUT2D eigenvalue weighted by molar-refractivity contribution is 7.99. The smallest absolute Gasteiger partial charge is 0.209 e. The van der Waals surface area contributed by atoms with Crippen LogP contribution in [0.15, 0.2) is 41.6 Å². The highest BCUT2D eigenvalue weighted by Crippen LogP contribution is 2.37. The van der Waals surface area contributed by atoms with Crippen molar-refractivity contribution in [3.63, 3.8) is 0 Å². The van der Waals surface area contributed by atoms with Gasteiger partial charge < -0.3 is 14.8 Å². The minimum absolute atomic E-state index is 0.0677. The van der Waals surface area contributed by atoms with Gasteiger partial charge in [-0.1, -0.05) is 41.6 Å². The number of aryl methyl sites for hydroxylation is 1. The summed E-state index contributed by atoms with van der Waals surface area (Å²) in [7, 11) is 1.81. The molecule has 0 aliphatic carbocycles. The largest absolute Gasteiger partial charge is 0.490 e.